The summed E-state index contributed by atoms with van der Waals surface area (Å²) in [5, 5.41) is 1.12. The zero-order valence-corrected chi connectivity index (χ0v) is 14.9. The number of aromatic nitrogens is 4. The van der Waals surface area contributed by atoms with Crippen LogP contribution in [0.3, 0.4) is 0 Å². The Hall–Kier alpha value is -3.61. The number of pyridine rings is 2. The van der Waals surface area contributed by atoms with E-state index in [1.807, 2.05) is 30.3 Å². The highest BCUT2D eigenvalue weighted by Crippen LogP contribution is 2.29. The number of benzene rings is 1. The first kappa shape index (κ1) is 16.6. The zero-order chi connectivity index (χ0) is 18.9. The molecule has 0 N–H and O–H groups in total. The van der Waals surface area contributed by atoms with Gasteiger partial charge in [-0.3, -0.25) is 0 Å². The number of hydrogen-bond donors (Lipinski definition) is 0. The Morgan fingerprint density at radius 1 is 0.929 bits per heavy atom. The molecule has 138 valence electrons. The van der Waals surface area contributed by atoms with E-state index in [-0.39, 0.29) is 6.10 Å². The highest BCUT2D eigenvalue weighted by molar-refractivity contribution is 5.80. The molecule has 4 heterocycles. The molecule has 1 aromatic carbocycles. The van der Waals surface area contributed by atoms with Crippen LogP contribution in [0.1, 0.15) is 0 Å². The van der Waals surface area contributed by atoms with Gasteiger partial charge < -0.3 is 9.64 Å². The third-order valence-corrected chi connectivity index (χ3v) is 4.70. The number of rotatable bonds is 4. The van der Waals surface area contributed by atoms with Crippen LogP contribution in [0.4, 0.5) is 10.2 Å². The fourth-order valence-corrected chi connectivity index (χ4v) is 3.21. The molecule has 1 aliphatic heterocycles. The van der Waals surface area contributed by atoms with Gasteiger partial charge in [0.2, 0.25) is 11.8 Å². The molecular formula is C21H16FN5O. The summed E-state index contributed by atoms with van der Waals surface area (Å²) in [5.41, 5.74) is 2.19. The third-order valence-electron chi connectivity index (χ3n) is 4.70. The van der Waals surface area contributed by atoms with E-state index in [0.717, 1.165) is 16.7 Å². The average Bonchev–Trinajstić information content (AvgIpc) is 2.71. The van der Waals surface area contributed by atoms with Gasteiger partial charge in [-0.15, -0.1) is 0 Å². The van der Waals surface area contributed by atoms with Gasteiger partial charge in [0.1, 0.15) is 17.6 Å². The summed E-state index contributed by atoms with van der Waals surface area (Å²) in [5.74, 6) is 0.820. The zero-order valence-electron chi connectivity index (χ0n) is 14.9. The lowest BCUT2D eigenvalue weighted by atomic mass is 10.1. The maximum atomic E-state index is 13.1. The van der Waals surface area contributed by atoms with Crippen LogP contribution < -0.4 is 9.64 Å². The monoisotopic (exact) mass is 373 g/mol. The van der Waals surface area contributed by atoms with Crippen LogP contribution in [0, 0.1) is 5.95 Å². The maximum Gasteiger partial charge on any atom is 0.241 e. The molecule has 0 spiro atoms. The van der Waals surface area contributed by atoms with Crippen molar-refractivity contribution in [1.29, 1.82) is 0 Å². The van der Waals surface area contributed by atoms with Gasteiger partial charge in [0.05, 0.1) is 18.6 Å². The van der Waals surface area contributed by atoms with E-state index in [4.69, 9.17) is 9.72 Å². The molecule has 0 amide bonds. The van der Waals surface area contributed by atoms with E-state index in [0.29, 0.717) is 30.2 Å². The summed E-state index contributed by atoms with van der Waals surface area (Å²) < 4.78 is 19.1. The molecule has 7 heteroatoms. The summed E-state index contributed by atoms with van der Waals surface area (Å²) in [4.78, 5) is 19.2. The lowest BCUT2D eigenvalue weighted by Crippen LogP contribution is -2.54. The summed E-state index contributed by atoms with van der Waals surface area (Å²) in [6.45, 7) is 1.42. The first-order valence-electron chi connectivity index (χ1n) is 8.96. The van der Waals surface area contributed by atoms with E-state index >= 15 is 0 Å². The molecular weight excluding hydrogens is 357 g/mol. The van der Waals surface area contributed by atoms with Crippen LogP contribution in [-0.4, -0.2) is 39.1 Å². The fourth-order valence-electron chi connectivity index (χ4n) is 3.21. The van der Waals surface area contributed by atoms with Crippen LogP contribution >= 0.6 is 0 Å². The molecule has 0 atom stereocenters. The minimum atomic E-state index is -0.535. The van der Waals surface area contributed by atoms with Gasteiger partial charge in [-0.05, 0) is 30.3 Å². The van der Waals surface area contributed by atoms with Crippen LogP contribution in [0.5, 0.6) is 5.88 Å². The van der Waals surface area contributed by atoms with E-state index in [2.05, 4.69) is 25.9 Å². The molecule has 5 rings (SSSR count). The maximum absolute atomic E-state index is 13.1. The van der Waals surface area contributed by atoms with Crippen LogP contribution in [0.25, 0.3) is 22.2 Å². The van der Waals surface area contributed by atoms with Gasteiger partial charge >= 0.3 is 0 Å². The molecule has 28 heavy (non-hydrogen) atoms. The number of ether oxygens (including phenoxy) is 1. The van der Waals surface area contributed by atoms with Crippen molar-refractivity contribution in [3.63, 3.8) is 0 Å². The highest BCUT2D eigenvalue weighted by Gasteiger charge is 2.31. The minimum Gasteiger partial charge on any atom is -0.469 e. The van der Waals surface area contributed by atoms with Gasteiger partial charge in [-0.25, -0.2) is 19.9 Å². The number of hydrogen-bond acceptors (Lipinski definition) is 6. The number of fused-ring (bicyclic) bond motifs is 1. The van der Waals surface area contributed by atoms with Crippen molar-refractivity contribution < 1.29 is 9.13 Å². The quantitative estimate of drug-likeness (QED) is 0.510. The Bertz CT molecular complexity index is 1130. The standard InChI is InChI=1S/C21H16FN5O/c22-18-7-5-15(11-25-18)20-21(24-10-9-23-20)28-16-12-27(13-16)19-8-6-14-3-1-2-4-17(14)26-19/h1-11,16H,12-13H2. The van der Waals surface area contributed by atoms with E-state index < -0.39 is 5.95 Å². The molecule has 6 nitrogen and oxygen atoms in total. The van der Waals surface area contributed by atoms with Crippen molar-refractivity contribution in [3.05, 3.63) is 73.1 Å². The first-order valence-corrected chi connectivity index (χ1v) is 8.96. The van der Waals surface area contributed by atoms with Gasteiger partial charge in [0.25, 0.3) is 0 Å². The summed E-state index contributed by atoms with van der Waals surface area (Å²) in [6, 6.07) is 15.1. The van der Waals surface area contributed by atoms with Crippen molar-refractivity contribution in [2.75, 3.05) is 18.0 Å². The normalized spacial score (nSPS) is 14.1. The topological polar surface area (TPSA) is 64.0 Å². The fraction of sp³-hybridized carbons (Fsp3) is 0.143. The lowest BCUT2D eigenvalue weighted by molar-refractivity contribution is 0.160. The predicted octanol–water partition coefficient (Wildman–Crippen LogP) is 3.49. The molecule has 0 bridgehead atoms. The Kier molecular flexibility index (Phi) is 4.05. The summed E-state index contributed by atoms with van der Waals surface area (Å²) in [6.07, 6.45) is 4.57. The number of nitrogens with zero attached hydrogens (tertiary/aromatic N) is 5. The molecule has 3 aromatic heterocycles. The Balaban J connectivity index is 1.30. The average molecular weight is 373 g/mol. The predicted molar refractivity (Wildman–Crippen MR) is 104 cm³/mol. The second kappa shape index (κ2) is 6.84. The Labute approximate surface area is 160 Å². The Morgan fingerprint density at radius 3 is 2.64 bits per heavy atom. The van der Waals surface area contributed by atoms with Gasteiger partial charge in [0, 0.05) is 29.5 Å². The van der Waals surface area contributed by atoms with Crippen LogP contribution in [-0.2, 0) is 0 Å². The number of halogens is 1. The summed E-state index contributed by atoms with van der Waals surface area (Å²) in [7, 11) is 0. The number of para-hydroxylation sites is 1. The van der Waals surface area contributed by atoms with E-state index in [9.17, 15) is 4.39 Å². The minimum absolute atomic E-state index is 0.0165. The van der Waals surface area contributed by atoms with Crippen molar-refractivity contribution in [1.82, 2.24) is 19.9 Å². The molecule has 0 saturated carbocycles. The summed E-state index contributed by atoms with van der Waals surface area (Å²) >= 11 is 0. The van der Waals surface area contributed by atoms with Crippen molar-refractivity contribution in [3.8, 4) is 17.1 Å². The second-order valence-electron chi connectivity index (χ2n) is 6.59. The molecule has 0 unspecified atom stereocenters. The smallest absolute Gasteiger partial charge is 0.241 e. The van der Waals surface area contributed by atoms with Gasteiger partial charge in [0.15, 0.2) is 0 Å². The van der Waals surface area contributed by atoms with Gasteiger partial charge in [-0.1, -0.05) is 18.2 Å². The van der Waals surface area contributed by atoms with Crippen LogP contribution in [0.15, 0.2) is 67.1 Å². The highest BCUT2D eigenvalue weighted by atomic mass is 19.1. The molecule has 0 aliphatic carbocycles. The van der Waals surface area contributed by atoms with E-state index in [1.165, 1.54) is 12.3 Å². The number of anilines is 1. The second-order valence-corrected chi connectivity index (χ2v) is 6.59. The molecule has 1 fully saturated rings. The SMILES string of the molecule is Fc1ccc(-c2nccnc2OC2CN(c3ccc4ccccc4n3)C2)cn1. The Morgan fingerprint density at radius 2 is 1.79 bits per heavy atom. The molecule has 0 radical (unpaired) electrons. The first-order chi connectivity index (χ1) is 13.8. The van der Waals surface area contributed by atoms with Crippen molar-refractivity contribution >= 4 is 16.7 Å². The van der Waals surface area contributed by atoms with Crippen molar-refractivity contribution in [2.24, 2.45) is 0 Å². The van der Waals surface area contributed by atoms with Gasteiger partial charge in [-0.2, -0.15) is 4.39 Å². The largest absolute Gasteiger partial charge is 0.469 e. The molecule has 4 aromatic rings. The van der Waals surface area contributed by atoms with Crippen LogP contribution in [0.2, 0.25) is 0 Å². The van der Waals surface area contributed by atoms with Crippen molar-refractivity contribution in [2.45, 2.75) is 6.10 Å². The molecule has 1 saturated heterocycles. The van der Waals surface area contributed by atoms with E-state index in [1.54, 1.807) is 18.5 Å². The third kappa shape index (κ3) is 3.11. The lowest BCUT2D eigenvalue weighted by Gasteiger charge is -2.39. The molecule has 1 aliphatic rings.